The Labute approximate surface area is 89.9 Å². The topological polar surface area (TPSA) is 52.0 Å². The maximum Gasteiger partial charge on any atom is 0.0272 e. The van der Waals surface area contributed by atoms with Crippen LogP contribution in [0, 0.1) is 0 Å². The van der Waals surface area contributed by atoms with Crippen LogP contribution in [0.1, 0.15) is 24.1 Å². The molecule has 4 N–H and O–H groups in total. The van der Waals surface area contributed by atoms with Crippen molar-refractivity contribution in [2.75, 3.05) is 0 Å². The quantitative estimate of drug-likeness (QED) is 0.781. The molecule has 0 aliphatic rings. The molecular formula is C13H16N2. The van der Waals surface area contributed by atoms with Crippen LogP contribution in [-0.2, 0) is 6.54 Å². The number of hydrogen-bond acceptors (Lipinski definition) is 2. The van der Waals surface area contributed by atoms with Crippen LogP contribution in [0.3, 0.4) is 0 Å². The SMILES string of the molecule is CC(N)c1ccc(CN)c2ccccc12. The number of hydrogen-bond donors (Lipinski definition) is 2. The Kier molecular flexibility index (Phi) is 2.71. The van der Waals surface area contributed by atoms with E-state index in [-0.39, 0.29) is 6.04 Å². The van der Waals surface area contributed by atoms with Crippen molar-refractivity contribution in [3.8, 4) is 0 Å². The van der Waals surface area contributed by atoms with Gasteiger partial charge in [-0.05, 0) is 28.8 Å². The van der Waals surface area contributed by atoms with Crippen LogP contribution in [0.25, 0.3) is 10.8 Å². The summed E-state index contributed by atoms with van der Waals surface area (Å²) in [5.74, 6) is 0. The molecule has 15 heavy (non-hydrogen) atoms. The lowest BCUT2D eigenvalue weighted by Gasteiger charge is -2.12. The van der Waals surface area contributed by atoms with E-state index >= 15 is 0 Å². The molecule has 0 aromatic heterocycles. The fourth-order valence-corrected chi connectivity index (χ4v) is 1.96. The van der Waals surface area contributed by atoms with E-state index in [1.54, 1.807) is 0 Å². The second kappa shape index (κ2) is 4.01. The smallest absolute Gasteiger partial charge is 0.0272 e. The molecule has 78 valence electrons. The summed E-state index contributed by atoms with van der Waals surface area (Å²) in [6, 6.07) is 12.5. The molecule has 2 rings (SSSR count). The molecule has 1 atom stereocenters. The molecule has 0 aliphatic carbocycles. The predicted molar refractivity (Wildman–Crippen MR) is 64.4 cm³/mol. The lowest BCUT2D eigenvalue weighted by atomic mass is 9.96. The highest BCUT2D eigenvalue weighted by molar-refractivity contribution is 5.89. The summed E-state index contributed by atoms with van der Waals surface area (Å²) in [6.07, 6.45) is 0. The van der Waals surface area contributed by atoms with Gasteiger partial charge in [0.1, 0.15) is 0 Å². The zero-order chi connectivity index (χ0) is 10.8. The van der Waals surface area contributed by atoms with E-state index in [1.165, 1.54) is 21.9 Å². The minimum absolute atomic E-state index is 0.0572. The first kappa shape index (κ1) is 10.1. The molecule has 1 unspecified atom stereocenters. The Morgan fingerprint density at radius 2 is 1.73 bits per heavy atom. The zero-order valence-corrected chi connectivity index (χ0v) is 8.90. The molecule has 0 spiro atoms. The van der Waals surface area contributed by atoms with Crippen LogP contribution in [-0.4, -0.2) is 0 Å². The molecule has 0 fully saturated rings. The normalized spacial score (nSPS) is 13.0. The second-order valence-corrected chi connectivity index (χ2v) is 3.85. The fourth-order valence-electron chi connectivity index (χ4n) is 1.96. The van der Waals surface area contributed by atoms with Crippen molar-refractivity contribution in [1.82, 2.24) is 0 Å². The zero-order valence-electron chi connectivity index (χ0n) is 8.90. The molecule has 0 bridgehead atoms. The Bertz CT molecular complexity index is 475. The van der Waals surface area contributed by atoms with Gasteiger partial charge in [0.25, 0.3) is 0 Å². The standard InChI is InChI=1S/C13H16N2/c1-9(15)11-7-6-10(8-14)12-4-2-3-5-13(11)12/h2-7,9H,8,14-15H2,1H3. The molecule has 2 nitrogen and oxygen atoms in total. The lowest BCUT2D eigenvalue weighted by Crippen LogP contribution is -2.07. The third-order valence-electron chi connectivity index (χ3n) is 2.76. The highest BCUT2D eigenvalue weighted by Gasteiger charge is 2.07. The van der Waals surface area contributed by atoms with E-state index in [0.29, 0.717) is 6.54 Å². The largest absolute Gasteiger partial charge is 0.326 e. The van der Waals surface area contributed by atoms with Gasteiger partial charge in [-0.25, -0.2) is 0 Å². The predicted octanol–water partition coefficient (Wildman–Crippen LogP) is 2.32. The molecule has 2 aromatic rings. The van der Waals surface area contributed by atoms with Crippen LogP contribution in [0.2, 0.25) is 0 Å². The molecule has 0 saturated heterocycles. The minimum atomic E-state index is 0.0572. The van der Waals surface area contributed by atoms with Crippen molar-refractivity contribution >= 4 is 10.8 Å². The van der Waals surface area contributed by atoms with Gasteiger partial charge in [-0.15, -0.1) is 0 Å². The minimum Gasteiger partial charge on any atom is -0.326 e. The van der Waals surface area contributed by atoms with Crippen molar-refractivity contribution in [2.24, 2.45) is 11.5 Å². The van der Waals surface area contributed by atoms with Crippen molar-refractivity contribution in [3.63, 3.8) is 0 Å². The van der Waals surface area contributed by atoms with Gasteiger partial charge >= 0.3 is 0 Å². The van der Waals surface area contributed by atoms with E-state index < -0.39 is 0 Å². The molecule has 0 aliphatic heterocycles. The third-order valence-corrected chi connectivity index (χ3v) is 2.76. The van der Waals surface area contributed by atoms with Gasteiger partial charge in [0.15, 0.2) is 0 Å². The summed E-state index contributed by atoms with van der Waals surface area (Å²) in [6.45, 7) is 2.57. The first-order valence-electron chi connectivity index (χ1n) is 5.20. The van der Waals surface area contributed by atoms with Gasteiger partial charge in [-0.1, -0.05) is 36.4 Å². The van der Waals surface area contributed by atoms with Gasteiger partial charge in [0, 0.05) is 12.6 Å². The number of nitrogens with two attached hydrogens (primary N) is 2. The van der Waals surface area contributed by atoms with Gasteiger partial charge in [-0.2, -0.15) is 0 Å². The van der Waals surface area contributed by atoms with E-state index in [4.69, 9.17) is 11.5 Å². The van der Waals surface area contributed by atoms with Gasteiger partial charge in [0.2, 0.25) is 0 Å². The van der Waals surface area contributed by atoms with E-state index in [2.05, 4.69) is 24.3 Å². The van der Waals surface area contributed by atoms with Crippen LogP contribution in [0.5, 0.6) is 0 Å². The van der Waals surface area contributed by atoms with Crippen LogP contribution >= 0.6 is 0 Å². The molecule has 0 heterocycles. The number of benzene rings is 2. The van der Waals surface area contributed by atoms with Gasteiger partial charge < -0.3 is 11.5 Å². The summed E-state index contributed by atoms with van der Waals surface area (Å²) in [7, 11) is 0. The molecule has 0 amide bonds. The highest BCUT2D eigenvalue weighted by atomic mass is 14.6. The Morgan fingerprint density at radius 1 is 1.07 bits per heavy atom. The molecule has 2 heteroatoms. The van der Waals surface area contributed by atoms with E-state index in [9.17, 15) is 0 Å². The van der Waals surface area contributed by atoms with Crippen molar-refractivity contribution in [2.45, 2.75) is 19.5 Å². The van der Waals surface area contributed by atoms with Gasteiger partial charge in [0.05, 0.1) is 0 Å². The van der Waals surface area contributed by atoms with Crippen LogP contribution in [0.15, 0.2) is 36.4 Å². The van der Waals surface area contributed by atoms with Gasteiger partial charge in [-0.3, -0.25) is 0 Å². The average molecular weight is 200 g/mol. The molecule has 0 radical (unpaired) electrons. The maximum atomic E-state index is 5.94. The van der Waals surface area contributed by atoms with Crippen molar-refractivity contribution in [1.29, 1.82) is 0 Å². The summed E-state index contributed by atoms with van der Waals surface area (Å²) >= 11 is 0. The molecule has 0 saturated carbocycles. The van der Waals surface area contributed by atoms with Crippen molar-refractivity contribution < 1.29 is 0 Å². The summed E-state index contributed by atoms with van der Waals surface area (Å²) in [5.41, 5.74) is 14.0. The second-order valence-electron chi connectivity index (χ2n) is 3.85. The summed E-state index contributed by atoms with van der Waals surface area (Å²) in [5, 5.41) is 2.44. The summed E-state index contributed by atoms with van der Waals surface area (Å²) < 4.78 is 0. The lowest BCUT2D eigenvalue weighted by molar-refractivity contribution is 0.826. The highest BCUT2D eigenvalue weighted by Crippen LogP contribution is 2.25. The Morgan fingerprint density at radius 3 is 2.33 bits per heavy atom. The fraction of sp³-hybridized carbons (Fsp3) is 0.231. The van der Waals surface area contributed by atoms with Crippen LogP contribution < -0.4 is 11.5 Å². The van der Waals surface area contributed by atoms with Crippen LogP contribution in [0.4, 0.5) is 0 Å². The Balaban J connectivity index is 2.77. The first-order valence-corrected chi connectivity index (χ1v) is 5.20. The molecular weight excluding hydrogens is 184 g/mol. The summed E-state index contributed by atoms with van der Waals surface area (Å²) in [4.78, 5) is 0. The number of fused-ring (bicyclic) bond motifs is 1. The maximum absolute atomic E-state index is 5.94. The monoisotopic (exact) mass is 200 g/mol. The molecule has 2 aromatic carbocycles. The van der Waals surface area contributed by atoms with E-state index in [1.807, 2.05) is 19.1 Å². The Hall–Kier alpha value is -1.38. The average Bonchev–Trinajstić information content (AvgIpc) is 2.27. The van der Waals surface area contributed by atoms with E-state index in [0.717, 1.165) is 0 Å². The van der Waals surface area contributed by atoms with Crippen molar-refractivity contribution in [3.05, 3.63) is 47.5 Å². The number of rotatable bonds is 2. The first-order chi connectivity index (χ1) is 7.24. The third kappa shape index (κ3) is 1.74.